The Morgan fingerprint density at radius 1 is 1.42 bits per heavy atom. The van der Waals surface area contributed by atoms with Gasteiger partial charge in [-0.15, -0.1) is 0 Å². The largest absolute Gasteiger partial charge is 0.396 e. The molecule has 4 nitrogen and oxygen atoms in total. The molecule has 1 aliphatic heterocycles. The van der Waals surface area contributed by atoms with Crippen LogP contribution in [-0.2, 0) is 4.79 Å². The molecule has 0 aromatic heterocycles. The Balaban J connectivity index is 2.53. The molecule has 1 heterocycles. The average molecular weight is 270 g/mol. The van der Waals surface area contributed by atoms with Crippen LogP contribution in [0.1, 0.15) is 46.5 Å². The number of hydrogen-bond acceptors (Lipinski definition) is 3. The summed E-state index contributed by atoms with van der Waals surface area (Å²) in [4.78, 5) is 13.9. The summed E-state index contributed by atoms with van der Waals surface area (Å²) in [5, 5.41) is 12.5. The number of amides is 1. The summed E-state index contributed by atoms with van der Waals surface area (Å²) < 4.78 is 0. The van der Waals surface area contributed by atoms with Gasteiger partial charge in [0.05, 0.1) is 0 Å². The highest BCUT2D eigenvalue weighted by atomic mass is 16.2. The molecule has 0 aromatic rings. The van der Waals surface area contributed by atoms with Gasteiger partial charge in [0.25, 0.3) is 0 Å². The number of carbonyl (C=O) groups excluding carboxylic acids is 1. The highest BCUT2D eigenvalue weighted by Crippen LogP contribution is 2.22. The monoisotopic (exact) mass is 270 g/mol. The number of carbonyl (C=O) groups is 1. The third-order valence-corrected chi connectivity index (χ3v) is 3.78. The quantitative estimate of drug-likeness (QED) is 0.739. The second-order valence-electron chi connectivity index (χ2n) is 6.12. The van der Waals surface area contributed by atoms with Gasteiger partial charge in [-0.25, -0.2) is 0 Å². The predicted molar refractivity (Wildman–Crippen MR) is 77.9 cm³/mol. The van der Waals surface area contributed by atoms with Gasteiger partial charge in [-0.05, 0) is 37.6 Å². The van der Waals surface area contributed by atoms with Crippen LogP contribution in [0, 0.1) is 11.8 Å². The number of aliphatic hydroxyl groups is 1. The number of nitrogens with zero attached hydrogens (tertiary/aromatic N) is 1. The Hall–Kier alpha value is -0.610. The highest BCUT2D eigenvalue weighted by Gasteiger charge is 2.28. The first kappa shape index (κ1) is 16.4. The average Bonchev–Trinajstić information content (AvgIpc) is 2.41. The third kappa shape index (κ3) is 5.91. The second-order valence-corrected chi connectivity index (χ2v) is 6.12. The van der Waals surface area contributed by atoms with Crippen LogP contribution in [0.25, 0.3) is 0 Å². The van der Waals surface area contributed by atoms with E-state index in [0.29, 0.717) is 24.3 Å². The van der Waals surface area contributed by atoms with E-state index in [4.69, 9.17) is 5.11 Å². The van der Waals surface area contributed by atoms with Crippen LogP contribution in [-0.4, -0.2) is 48.2 Å². The molecule has 112 valence electrons. The fraction of sp³-hybridized carbons (Fsp3) is 0.933. The first-order valence-corrected chi connectivity index (χ1v) is 7.68. The summed E-state index contributed by atoms with van der Waals surface area (Å²) in [5.74, 6) is 1.42. The highest BCUT2D eigenvalue weighted by molar-refractivity contribution is 5.76. The maximum absolute atomic E-state index is 11.9. The van der Waals surface area contributed by atoms with Crippen molar-refractivity contribution < 1.29 is 9.90 Å². The van der Waals surface area contributed by atoms with Gasteiger partial charge in [-0.2, -0.15) is 0 Å². The Labute approximate surface area is 117 Å². The van der Waals surface area contributed by atoms with Crippen LogP contribution in [0.15, 0.2) is 0 Å². The molecule has 2 N–H and O–H groups in total. The van der Waals surface area contributed by atoms with Crippen molar-refractivity contribution in [1.29, 1.82) is 0 Å². The summed E-state index contributed by atoms with van der Waals surface area (Å²) >= 11 is 0. The van der Waals surface area contributed by atoms with Crippen LogP contribution < -0.4 is 5.32 Å². The molecule has 1 saturated heterocycles. The predicted octanol–water partition coefficient (Wildman–Crippen LogP) is 1.63. The molecule has 0 saturated carbocycles. The van der Waals surface area contributed by atoms with Gasteiger partial charge < -0.3 is 15.3 Å². The van der Waals surface area contributed by atoms with E-state index >= 15 is 0 Å². The first-order valence-electron chi connectivity index (χ1n) is 7.68. The molecule has 1 amide bonds. The lowest BCUT2D eigenvalue weighted by Gasteiger charge is -2.38. The molecule has 19 heavy (non-hydrogen) atoms. The molecule has 1 fully saturated rings. The van der Waals surface area contributed by atoms with Gasteiger partial charge in [-0.1, -0.05) is 20.8 Å². The molecule has 2 atom stereocenters. The van der Waals surface area contributed by atoms with E-state index in [-0.39, 0.29) is 12.5 Å². The Morgan fingerprint density at radius 3 is 2.74 bits per heavy atom. The van der Waals surface area contributed by atoms with E-state index in [1.165, 1.54) is 0 Å². The normalized spacial score (nSPS) is 23.9. The molecule has 2 unspecified atom stereocenters. The molecule has 0 aromatic carbocycles. The van der Waals surface area contributed by atoms with Gasteiger partial charge in [-0.3, -0.25) is 4.79 Å². The van der Waals surface area contributed by atoms with Crippen LogP contribution >= 0.6 is 0 Å². The van der Waals surface area contributed by atoms with Crippen molar-refractivity contribution in [3.8, 4) is 0 Å². The van der Waals surface area contributed by atoms with Crippen molar-refractivity contribution in [2.45, 2.75) is 52.5 Å². The summed E-state index contributed by atoms with van der Waals surface area (Å²) in [6.07, 6.45) is 3.57. The van der Waals surface area contributed by atoms with Crippen LogP contribution in [0.5, 0.6) is 0 Å². The topological polar surface area (TPSA) is 52.6 Å². The lowest BCUT2D eigenvalue weighted by molar-refractivity contribution is -0.133. The molecule has 0 radical (unpaired) electrons. The SMILES string of the molecule is CCC(=O)N1CC(CCCO)CC(NCC(C)C)C1. The number of rotatable bonds is 7. The van der Waals surface area contributed by atoms with Crippen molar-refractivity contribution in [2.24, 2.45) is 11.8 Å². The fourth-order valence-corrected chi connectivity index (χ4v) is 2.77. The Bertz CT molecular complexity index is 269. The summed E-state index contributed by atoms with van der Waals surface area (Å²) in [7, 11) is 0. The maximum Gasteiger partial charge on any atom is 0.222 e. The van der Waals surface area contributed by atoms with E-state index in [9.17, 15) is 4.79 Å². The minimum Gasteiger partial charge on any atom is -0.396 e. The van der Waals surface area contributed by atoms with Crippen molar-refractivity contribution >= 4 is 5.91 Å². The number of likely N-dealkylation sites (tertiary alicyclic amines) is 1. The van der Waals surface area contributed by atoms with Crippen molar-refractivity contribution in [1.82, 2.24) is 10.2 Å². The first-order chi connectivity index (χ1) is 9.06. The molecule has 1 aliphatic rings. The van der Waals surface area contributed by atoms with E-state index in [2.05, 4.69) is 19.2 Å². The van der Waals surface area contributed by atoms with E-state index in [1.54, 1.807) is 0 Å². The Morgan fingerprint density at radius 2 is 2.16 bits per heavy atom. The molecular formula is C15H30N2O2. The lowest BCUT2D eigenvalue weighted by atomic mass is 9.90. The second kappa shape index (κ2) is 8.54. The standard InChI is InChI=1S/C15H30N2O2/c1-4-15(19)17-10-13(6-5-7-18)8-14(11-17)16-9-12(2)3/h12-14,16,18H,4-11H2,1-3H3. The third-order valence-electron chi connectivity index (χ3n) is 3.78. The fourth-order valence-electron chi connectivity index (χ4n) is 2.77. The number of hydrogen-bond donors (Lipinski definition) is 2. The summed E-state index contributed by atoms with van der Waals surface area (Å²) in [6, 6.07) is 0.412. The van der Waals surface area contributed by atoms with Gasteiger partial charge in [0, 0.05) is 32.2 Å². The zero-order valence-corrected chi connectivity index (χ0v) is 12.7. The molecular weight excluding hydrogens is 240 g/mol. The lowest BCUT2D eigenvalue weighted by Crippen LogP contribution is -2.51. The number of nitrogens with one attached hydrogen (secondary N) is 1. The van der Waals surface area contributed by atoms with Gasteiger partial charge in [0.1, 0.15) is 0 Å². The summed E-state index contributed by atoms with van der Waals surface area (Å²) in [5.41, 5.74) is 0. The van der Waals surface area contributed by atoms with Gasteiger partial charge in [0.15, 0.2) is 0 Å². The van der Waals surface area contributed by atoms with E-state index in [1.807, 2.05) is 11.8 Å². The van der Waals surface area contributed by atoms with Gasteiger partial charge >= 0.3 is 0 Å². The van der Waals surface area contributed by atoms with Crippen LogP contribution in [0.2, 0.25) is 0 Å². The molecule has 1 rings (SSSR count). The summed E-state index contributed by atoms with van der Waals surface area (Å²) in [6.45, 7) is 9.30. The molecule has 0 aliphatic carbocycles. The minimum absolute atomic E-state index is 0.252. The van der Waals surface area contributed by atoms with Crippen molar-refractivity contribution in [3.05, 3.63) is 0 Å². The van der Waals surface area contributed by atoms with Crippen molar-refractivity contribution in [2.75, 3.05) is 26.2 Å². The maximum atomic E-state index is 11.9. The molecule has 0 bridgehead atoms. The van der Waals surface area contributed by atoms with Crippen molar-refractivity contribution in [3.63, 3.8) is 0 Å². The van der Waals surface area contributed by atoms with Gasteiger partial charge in [0.2, 0.25) is 5.91 Å². The van der Waals surface area contributed by atoms with E-state index < -0.39 is 0 Å². The Kier molecular flexibility index (Phi) is 7.39. The smallest absolute Gasteiger partial charge is 0.222 e. The zero-order valence-electron chi connectivity index (χ0n) is 12.7. The number of aliphatic hydroxyl groups excluding tert-OH is 1. The number of piperidine rings is 1. The van der Waals surface area contributed by atoms with Crippen LogP contribution in [0.4, 0.5) is 0 Å². The zero-order chi connectivity index (χ0) is 14.3. The van der Waals surface area contributed by atoms with Crippen LogP contribution in [0.3, 0.4) is 0 Å². The molecule has 4 heteroatoms. The molecule has 0 spiro atoms. The minimum atomic E-state index is 0.252. The van der Waals surface area contributed by atoms with E-state index in [0.717, 1.165) is 38.9 Å².